The molecule has 0 saturated heterocycles. The number of nitrogens with zero attached hydrogens (tertiary/aromatic N) is 3. The van der Waals surface area contributed by atoms with Crippen LogP contribution < -0.4 is 22.6 Å². The molecule has 0 aromatic heterocycles. The lowest BCUT2D eigenvalue weighted by Crippen LogP contribution is -2.25. The van der Waals surface area contributed by atoms with Crippen molar-refractivity contribution < 1.29 is 0 Å². The van der Waals surface area contributed by atoms with Crippen molar-refractivity contribution >= 4 is 35.2 Å². The fraction of sp³-hybridized carbons (Fsp3) is 0.200. The lowest BCUT2D eigenvalue weighted by atomic mass is 10.5. The van der Waals surface area contributed by atoms with Gasteiger partial charge in [-0.1, -0.05) is 0 Å². The number of hydrogen-bond acceptors (Lipinski definition) is 4. The van der Waals surface area contributed by atoms with Crippen molar-refractivity contribution in [2.24, 2.45) is 32.5 Å². The van der Waals surface area contributed by atoms with Crippen LogP contribution in [0.5, 0.6) is 0 Å². The summed E-state index contributed by atoms with van der Waals surface area (Å²) in [6.07, 6.45) is 1.35. The Balaban J connectivity index is 4.06. The minimum atomic E-state index is -0.119. The number of hydrogen-bond donors (Lipinski definition) is 4. The molecule has 0 fully saturated rings. The molecule has 0 rings (SSSR count). The fourth-order valence-electron chi connectivity index (χ4n) is 0.351. The van der Waals surface area contributed by atoms with E-state index >= 15 is 0 Å². The van der Waals surface area contributed by atoms with Crippen molar-refractivity contribution in [3.05, 3.63) is 0 Å². The van der Waals surface area contributed by atoms with Gasteiger partial charge in [0.1, 0.15) is 0 Å². The summed E-state index contributed by atoms with van der Waals surface area (Å²) in [5.41, 5.74) is 18.1. The maximum absolute atomic E-state index is 5.12. The Bertz CT molecular complexity index is 262. The molecule has 0 bridgehead atoms. The number of nitrogens with two attached hydrogens (primary N) is 3. The summed E-state index contributed by atoms with van der Waals surface area (Å²) in [5.74, 6) is -0.119. The lowest BCUT2D eigenvalue weighted by Gasteiger charge is -1.94. The molecule has 7 N–H and O–H groups in total. The second kappa shape index (κ2) is 5.89. The van der Waals surface area contributed by atoms with Crippen molar-refractivity contribution in [2.75, 3.05) is 0 Å². The number of rotatable bonds is 3. The van der Waals surface area contributed by atoms with Gasteiger partial charge in [0.2, 0.25) is 5.96 Å². The summed E-state index contributed by atoms with van der Waals surface area (Å²) < 4.78 is 0. The predicted molar refractivity (Wildman–Crippen MR) is 57.3 cm³/mol. The highest BCUT2D eigenvalue weighted by Crippen LogP contribution is 1.73. The highest BCUT2D eigenvalue weighted by molar-refractivity contribution is 7.80. The van der Waals surface area contributed by atoms with E-state index in [2.05, 4.69) is 32.9 Å². The molecule has 0 aromatic carbocycles. The van der Waals surface area contributed by atoms with Crippen LogP contribution in [-0.4, -0.2) is 23.0 Å². The van der Waals surface area contributed by atoms with E-state index < -0.39 is 0 Å². The van der Waals surface area contributed by atoms with E-state index in [9.17, 15) is 0 Å². The van der Waals surface area contributed by atoms with E-state index in [1.807, 2.05) is 0 Å². The Morgan fingerprint density at radius 3 is 2.46 bits per heavy atom. The van der Waals surface area contributed by atoms with E-state index in [4.69, 9.17) is 17.2 Å². The first-order chi connectivity index (χ1) is 6.02. The molecule has 0 unspecified atom stereocenters. The van der Waals surface area contributed by atoms with Crippen molar-refractivity contribution in [1.82, 2.24) is 5.43 Å². The van der Waals surface area contributed by atoms with Crippen LogP contribution in [0.4, 0.5) is 0 Å². The van der Waals surface area contributed by atoms with Gasteiger partial charge < -0.3 is 17.2 Å². The molecule has 0 heterocycles. The summed E-state index contributed by atoms with van der Waals surface area (Å²) in [7, 11) is 0. The second-order valence-corrected chi connectivity index (χ2v) is 2.44. The van der Waals surface area contributed by atoms with Gasteiger partial charge in [0.05, 0.1) is 11.9 Å². The molecular formula is C5H11N7S. The standard InChI is InChI=1S/C5H11N7S/c1-3(10-12-5(8)13)2-9-11-4(6)7/h2H,1H3,(H4,6,7,11)(H3,8,12,13)/b9-2+,10-3-. The number of hydrazone groups is 1. The molecule has 7 nitrogen and oxygen atoms in total. The van der Waals surface area contributed by atoms with Crippen LogP contribution in [0.1, 0.15) is 6.92 Å². The molecule has 13 heavy (non-hydrogen) atoms. The Kier molecular flexibility index (Phi) is 5.12. The quantitative estimate of drug-likeness (QED) is 0.190. The molecule has 0 saturated carbocycles. The highest BCUT2D eigenvalue weighted by atomic mass is 32.1. The van der Waals surface area contributed by atoms with Crippen molar-refractivity contribution in [1.29, 1.82) is 0 Å². The zero-order chi connectivity index (χ0) is 10.3. The Labute approximate surface area is 80.8 Å². The van der Waals surface area contributed by atoms with Crippen LogP contribution in [0.3, 0.4) is 0 Å². The molecule has 8 heteroatoms. The maximum atomic E-state index is 5.12. The van der Waals surface area contributed by atoms with Gasteiger partial charge in [-0.3, -0.25) is 5.43 Å². The third-order valence-electron chi connectivity index (χ3n) is 0.760. The van der Waals surface area contributed by atoms with E-state index in [1.165, 1.54) is 6.21 Å². The summed E-state index contributed by atoms with van der Waals surface area (Å²) >= 11 is 4.52. The van der Waals surface area contributed by atoms with Crippen LogP contribution in [0, 0.1) is 0 Å². The molecule has 72 valence electrons. The fourth-order valence-corrected chi connectivity index (χ4v) is 0.397. The molecule has 0 aromatic rings. The van der Waals surface area contributed by atoms with Crippen molar-refractivity contribution in [3.8, 4) is 0 Å². The average Bonchev–Trinajstić information content (AvgIpc) is 2.00. The van der Waals surface area contributed by atoms with Crippen LogP contribution in [-0.2, 0) is 0 Å². The summed E-state index contributed by atoms with van der Waals surface area (Å²) in [6, 6.07) is 0. The van der Waals surface area contributed by atoms with Crippen molar-refractivity contribution in [3.63, 3.8) is 0 Å². The molecule has 0 aliphatic heterocycles. The minimum absolute atomic E-state index is 0.0783. The first-order valence-corrected chi connectivity index (χ1v) is 3.65. The summed E-state index contributed by atoms with van der Waals surface area (Å²) in [6.45, 7) is 1.68. The largest absolute Gasteiger partial charge is 0.375 e. The van der Waals surface area contributed by atoms with Gasteiger partial charge in [0, 0.05) is 0 Å². The number of thiocarbonyl (C=S) groups is 1. The molecule has 0 spiro atoms. The summed E-state index contributed by atoms with van der Waals surface area (Å²) in [4.78, 5) is 0. The average molecular weight is 201 g/mol. The van der Waals surface area contributed by atoms with Crippen LogP contribution in [0.25, 0.3) is 0 Å². The van der Waals surface area contributed by atoms with E-state index in [1.54, 1.807) is 6.92 Å². The monoisotopic (exact) mass is 201 g/mol. The molecule has 0 aliphatic rings. The highest BCUT2D eigenvalue weighted by Gasteiger charge is 1.85. The van der Waals surface area contributed by atoms with Gasteiger partial charge in [-0.05, 0) is 19.1 Å². The maximum Gasteiger partial charge on any atom is 0.211 e. The van der Waals surface area contributed by atoms with Gasteiger partial charge in [-0.2, -0.15) is 10.2 Å². The molecule has 0 atom stereocenters. The predicted octanol–water partition coefficient (Wildman–Crippen LogP) is -1.55. The van der Waals surface area contributed by atoms with E-state index in [0.29, 0.717) is 5.71 Å². The van der Waals surface area contributed by atoms with E-state index in [-0.39, 0.29) is 11.1 Å². The van der Waals surface area contributed by atoms with Gasteiger partial charge in [-0.25, -0.2) is 0 Å². The minimum Gasteiger partial charge on any atom is -0.375 e. The SMILES string of the molecule is CC(/C=N/N=C(N)N)=N/NC(N)=S. The zero-order valence-corrected chi connectivity index (χ0v) is 7.88. The Morgan fingerprint density at radius 1 is 1.38 bits per heavy atom. The normalized spacial score (nSPS) is 11.3. The number of nitrogens with one attached hydrogen (secondary N) is 1. The van der Waals surface area contributed by atoms with Crippen molar-refractivity contribution in [2.45, 2.75) is 6.92 Å². The van der Waals surface area contributed by atoms with Crippen LogP contribution in [0.2, 0.25) is 0 Å². The molecule has 0 radical (unpaired) electrons. The van der Waals surface area contributed by atoms with Crippen LogP contribution >= 0.6 is 12.2 Å². The molecule has 0 aliphatic carbocycles. The van der Waals surface area contributed by atoms with Gasteiger partial charge in [0.15, 0.2) is 5.11 Å². The molecular weight excluding hydrogens is 190 g/mol. The molecule has 0 amide bonds. The first-order valence-electron chi connectivity index (χ1n) is 3.24. The third-order valence-corrected chi connectivity index (χ3v) is 0.852. The first kappa shape index (κ1) is 11.3. The third kappa shape index (κ3) is 8.20. The Hall–Kier alpha value is -1.70. The van der Waals surface area contributed by atoms with Crippen LogP contribution in [0.15, 0.2) is 15.3 Å². The van der Waals surface area contributed by atoms with Gasteiger partial charge in [-0.15, -0.1) is 5.10 Å². The smallest absolute Gasteiger partial charge is 0.211 e. The topological polar surface area (TPSA) is 127 Å². The summed E-state index contributed by atoms with van der Waals surface area (Å²) in [5, 5.41) is 10.7. The number of guanidine groups is 1. The van der Waals surface area contributed by atoms with E-state index in [0.717, 1.165) is 0 Å². The zero-order valence-electron chi connectivity index (χ0n) is 7.06. The lowest BCUT2D eigenvalue weighted by molar-refractivity contribution is 1.03. The Morgan fingerprint density at radius 2 is 2.00 bits per heavy atom. The van der Waals surface area contributed by atoms with Gasteiger partial charge >= 0.3 is 0 Å². The van der Waals surface area contributed by atoms with Gasteiger partial charge in [0.25, 0.3) is 0 Å². The second-order valence-electron chi connectivity index (χ2n) is 2.00.